The van der Waals surface area contributed by atoms with E-state index in [-0.39, 0.29) is 31.0 Å². The third-order valence-electron chi connectivity index (χ3n) is 1.29. The molecule has 4 N–H and O–H groups in total. The Bertz CT molecular complexity index is 310. The van der Waals surface area contributed by atoms with Gasteiger partial charge in [-0.1, -0.05) is 0 Å². The topological polar surface area (TPSA) is 195 Å². The van der Waals surface area contributed by atoms with Gasteiger partial charge in [0.2, 0.25) is 0 Å². The molecule has 18 heavy (non-hydrogen) atoms. The van der Waals surface area contributed by atoms with E-state index in [2.05, 4.69) is 0 Å². The monoisotopic (exact) mass is 276 g/mol. The van der Waals surface area contributed by atoms with Crippen molar-refractivity contribution in [3.63, 3.8) is 0 Å². The number of hydrogen-bond donors (Lipinski definition) is 4. The van der Waals surface area contributed by atoms with Gasteiger partial charge in [-0.25, -0.2) is 4.79 Å². The largest absolute Gasteiger partial charge is 1.00 e. The molecule has 0 radical (unpaired) electrons. The number of rotatable bonds is 5. The van der Waals surface area contributed by atoms with E-state index < -0.39 is 42.5 Å². The second-order valence-corrected chi connectivity index (χ2v) is 2.73. The molecule has 0 saturated heterocycles. The Hall–Kier alpha value is -1.36. The minimum absolute atomic E-state index is 0. The maximum atomic E-state index is 10.3. The van der Waals surface area contributed by atoms with Crippen molar-refractivity contribution in [2.45, 2.75) is 18.4 Å². The van der Waals surface area contributed by atoms with Gasteiger partial charge < -0.3 is 35.4 Å². The van der Waals surface area contributed by atoms with Crippen LogP contribution in [-0.4, -0.2) is 50.1 Å². The van der Waals surface area contributed by atoms with Crippen LogP contribution in [0.2, 0.25) is 0 Å². The van der Waals surface area contributed by atoms with Gasteiger partial charge in [-0.2, -0.15) is 0 Å². The van der Waals surface area contributed by atoms with E-state index in [1.54, 1.807) is 0 Å². The molecule has 0 bridgehead atoms. The van der Waals surface area contributed by atoms with Crippen LogP contribution in [0.25, 0.3) is 0 Å². The minimum atomic E-state index is -2.74. The molecule has 0 amide bonds. The van der Waals surface area contributed by atoms with Crippen LogP contribution in [0, 0.1) is 0 Å². The van der Waals surface area contributed by atoms with Crippen molar-refractivity contribution in [3.8, 4) is 0 Å². The summed E-state index contributed by atoms with van der Waals surface area (Å²) in [6.07, 6.45) is -4.62. The zero-order valence-electron chi connectivity index (χ0n) is 10.2. The van der Waals surface area contributed by atoms with Gasteiger partial charge in [0.05, 0.1) is 12.8 Å². The number of hydrogen-bond acceptors (Lipinski definition) is 7. The molecule has 10 nitrogen and oxygen atoms in total. The van der Waals surface area contributed by atoms with E-state index in [0.29, 0.717) is 0 Å². The molecule has 0 aliphatic rings. The first-order valence-electron chi connectivity index (χ1n) is 3.78. The van der Waals surface area contributed by atoms with E-state index in [9.17, 15) is 14.4 Å². The van der Waals surface area contributed by atoms with Gasteiger partial charge in [-0.3, -0.25) is 9.59 Å². The van der Waals surface area contributed by atoms with Gasteiger partial charge in [0.25, 0.3) is 0 Å². The van der Waals surface area contributed by atoms with Crippen molar-refractivity contribution >= 4 is 24.1 Å². The summed E-state index contributed by atoms with van der Waals surface area (Å²) in [7, 11) is 0. The molecule has 0 spiro atoms. The summed E-state index contributed by atoms with van der Waals surface area (Å²) in [5, 5.41) is 50.5. The molecule has 11 heteroatoms. The second kappa shape index (κ2) is 9.65. The van der Waals surface area contributed by atoms with Crippen LogP contribution in [-0.2, 0) is 14.4 Å². The van der Waals surface area contributed by atoms with Gasteiger partial charge in [-0.05, 0) is 6.16 Å². The molecule has 0 fully saturated rings. The summed E-state index contributed by atoms with van der Waals surface area (Å²) in [5.74, 6) is -5.02. The zero-order valence-corrected chi connectivity index (χ0v) is 11.2. The van der Waals surface area contributed by atoms with Crippen molar-refractivity contribution in [1.29, 1.82) is 0 Å². The number of carbonyl (C=O) groups excluding carboxylic acids is 1. The zero-order chi connectivity index (χ0) is 14.2. The van der Waals surface area contributed by atoms with Crippen molar-refractivity contribution in [2.24, 2.45) is 0 Å². The molecule has 0 aliphatic heterocycles. The molecular formula is C7H9NaO10. The first kappa shape index (κ1) is 21.9. The van der Waals surface area contributed by atoms with Crippen LogP contribution in [0.5, 0.6) is 0 Å². The Morgan fingerprint density at radius 3 is 1.28 bits per heavy atom. The van der Waals surface area contributed by atoms with E-state index in [0.717, 1.165) is 0 Å². The van der Waals surface area contributed by atoms with Gasteiger partial charge in [-0.15, -0.1) is 0 Å². The number of carbonyl (C=O) groups is 4. The molecule has 0 unspecified atom stereocenters. The van der Waals surface area contributed by atoms with E-state index in [1.165, 1.54) is 0 Å². The fraction of sp³-hybridized carbons (Fsp3) is 0.429. The molecule has 0 rings (SSSR count). The van der Waals surface area contributed by atoms with E-state index in [4.69, 9.17) is 35.4 Å². The van der Waals surface area contributed by atoms with Gasteiger partial charge in [0.15, 0.2) is 5.60 Å². The van der Waals surface area contributed by atoms with Crippen LogP contribution in [0.1, 0.15) is 14.3 Å². The second-order valence-electron chi connectivity index (χ2n) is 2.73. The average Bonchev–Trinajstić information content (AvgIpc) is 1.98. The fourth-order valence-corrected chi connectivity index (χ4v) is 0.714. The van der Waals surface area contributed by atoms with Gasteiger partial charge >= 0.3 is 48.9 Å². The summed E-state index contributed by atoms with van der Waals surface area (Å²) in [6.45, 7) is 0. The smallest absolute Gasteiger partial charge is 0.652 e. The first-order chi connectivity index (χ1) is 7.51. The van der Waals surface area contributed by atoms with Crippen molar-refractivity contribution < 1.29 is 80.8 Å². The Balaban J connectivity index is -0.000000165. The fourth-order valence-electron chi connectivity index (χ4n) is 0.714. The minimum Gasteiger partial charge on any atom is -0.652 e. The van der Waals surface area contributed by atoms with Gasteiger partial charge in [0, 0.05) is 0 Å². The SMILES string of the molecule is O=C(O)CC(O)(CC(=O)O)C(=O)O.O=C([O-])[O-].[H+].[Na+]. The molecule has 0 aliphatic carbocycles. The summed E-state index contributed by atoms with van der Waals surface area (Å²) in [6, 6.07) is 0. The van der Waals surface area contributed by atoms with E-state index >= 15 is 0 Å². The molecule has 0 saturated carbocycles. The maximum Gasteiger partial charge on any atom is 1.00 e. The normalized spacial score (nSPS) is 9.17. The van der Waals surface area contributed by atoms with Crippen molar-refractivity contribution in [1.82, 2.24) is 0 Å². The van der Waals surface area contributed by atoms with E-state index in [1.807, 2.05) is 0 Å². The predicted octanol–water partition coefficient (Wildman–Crippen LogP) is -6.58. The number of aliphatic carboxylic acids is 3. The molecule has 0 aromatic rings. The van der Waals surface area contributed by atoms with Crippen molar-refractivity contribution in [2.75, 3.05) is 0 Å². The third kappa shape index (κ3) is 12.7. The molecule has 0 atom stereocenters. The standard InChI is InChI=1S/C6H8O7.CH2O3.Na/c7-3(8)1-6(13,5(11)12)2-4(9)10;2-1(3)4;/h13H,1-2H2,(H,7,8)(H,9,10)(H,11,12);(H2,2,3,4);/q;;+1/p-1. The van der Waals surface area contributed by atoms with Gasteiger partial charge in [0.1, 0.15) is 0 Å². The molecule has 98 valence electrons. The third-order valence-corrected chi connectivity index (χ3v) is 1.29. The summed E-state index contributed by atoms with van der Waals surface area (Å²) < 4.78 is 0. The Kier molecular flexibility index (Phi) is 11.7. The van der Waals surface area contributed by atoms with Crippen LogP contribution in [0.3, 0.4) is 0 Å². The van der Waals surface area contributed by atoms with Crippen LogP contribution in [0.4, 0.5) is 4.79 Å². The predicted molar refractivity (Wildman–Crippen MR) is 43.6 cm³/mol. The summed E-state index contributed by atoms with van der Waals surface area (Å²) in [5.41, 5.74) is -2.74. The molecule has 0 aromatic heterocycles. The maximum absolute atomic E-state index is 10.3. The van der Waals surface area contributed by atoms with Crippen LogP contribution in [0.15, 0.2) is 0 Å². The first-order valence-corrected chi connectivity index (χ1v) is 3.78. The Morgan fingerprint density at radius 2 is 1.17 bits per heavy atom. The quantitative estimate of drug-likeness (QED) is 0.350. The number of carboxylic acids is 3. The molecule has 0 aromatic carbocycles. The number of aliphatic hydroxyl groups is 1. The molecule has 0 heterocycles. The summed E-state index contributed by atoms with van der Waals surface area (Å²) in [4.78, 5) is 38.8. The summed E-state index contributed by atoms with van der Waals surface area (Å²) >= 11 is 0. The average molecular weight is 276 g/mol. The van der Waals surface area contributed by atoms with Crippen molar-refractivity contribution in [3.05, 3.63) is 0 Å². The number of carboxylic acid groups (broad SMARTS) is 5. The Labute approximate surface area is 123 Å². The molecular weight excluding hydrogens is 267 g/mol. The van der Waals surface area contributed by atoms with Crippen LogP contribution < -0.4 is 39.8 Å². The van der Waals surface area contributed by atoms with Crippen LogP contribution >= 0.6 is 0 Å². The Morgan fingerprint density at radius 1 is 0.944 bits per heavy atom.